The predicted molar refractivity (Wildman–Crippen MR) is 105 cm³/mol. The first kappa shape index (κ1) is 18.1. The Kier molecular flexibility index (Phi) is 5.65. The van der Waals surface area contributed by atoms with Gasteiger partial charge in [-0.15, -0.1) is 11.3 Å². The molecule has 7 nitrogen and oxygen atoms in total. The molecule has 0 radical (unpaired) electrons. The van der Waals surface area contributed by atoms with Gasteiger partial charge in [-0.2, -0.15) is 0 Å². The predicted octanol–water partition coefficient (Wildman–Crippen LogP) is 4.81. The molecule has 0 fully saturated rings. The maximum absolute atomic E-state index is 11.6. The van der Waals surface area contributed by atoms with Gasteiger partial charge in [-0.1, -0.05) is 17.7 Å². The fraction of sp³-hybridized carbons (Fsp3) is 0.176. The summed E-state index contributed by atoms with van der Waals surface area (Å²) in [5, 5.41) is 20.2. The second kappa shape index (κ2) is 8.11. The van der Waals surface area contributed by atoms with Crippen LogP contribution in [0.3, 0.4) is 0 Å². The van der Waals surface area contributed by atoms with E-state index in [1.54, 1.807) is 29.5 Å². The molecule has 0 atom stereocenters. The third-order valence-corrected chi connectivity index (χ3v) is 4.86. The summed E-state index contributed by atoms with van der Waals surface area (Å²) in [5.74, 6) is 0.324. The number of nitrogens with zero attached hydrogens (tertiary/aromatic N) is 3. The highest BCUT2D eigenvalue weighted by Gasteiger charge is 2.23. The van der Waals surface area contributed by atoms with Gasteiger partial charge in [-0.05, 0) is 48.6 Å². The van der Waals surface area contributed by atoms with Crippen LogP contribution in [0.5, 0.6) is 0 Å². The first-order chi connectivity index (χ1) is 12.5. The number of rotatable bonds is 7. The van der Waals surface area contributed by atoms with Gasteiger partial charge in [0.1, 0.15) is 6.33 Å². The van der Waals surface area contributed by atoms with E-state index in [1.807, 2.05) is 24.4 Å². The molecular formula is C17H16ClN5O2S. The van der Waals surface area contributed by atoms with E-state index >= 15 is 0 Å². The number of hydrogen-bond acceptors (Lipinski definition) is 7. The van der Waals surface area contributed by atoms with Crippen molar-refractivity contribution in [2.45, 2.75) is 13.3 Å². The maximum atomic E-state index is 11.6. The Morgan fingerprint density at radius 3 is 2.77 bits per heavy atom. The summed E-state index contributed by atoms with van der Waals surface area (Å²) in [5.41, 5.74) is 1.37. The van der Waals surface area contributed by atoms with Crippen molar-refractivity contribution in [2.75, 3.05) is 17.2 Å². The summed E-state index contributed by atoms with van der Waals surface area (Å²) in [7, 11) is 0. The summed E-state index contributed by atoms with van der Waals surface area (Å²) >= 11 is 7.60. The monoisotopic (exact) mass is 389 g/mol. The molecule has 0 aliphatic carbocycles. The third-order valence-electron chi connectivity index (χ3n) is 3.69. The Morgan fingerprint density at radius 2 is 2.08 bits per heavy atom. The molecule has 9 heteroatoms. The van der Waals surface area contributed by atoms with E-state index < -0.39 is 4.92 Å². The summed E-state index contributed by atoms with van der Waals surface area (Å²) in [6.07, 6.45) is 2.06. The standard InChI is InChI=1S/C17H16ClN5O2S/c1-11-9-12(18)4-5-14(11)22-17-15(23(24)25)16(20-10-21-17)19-7-6-13-3-2-8-26-13/h2-5,8-10H,6-7H2,1H3,(H2,19,20,21,22). The normalized spacial score (nSPS) is 10.5. The summed E-state index contributed by atoms with van der Waals surface area (Å²) < 4.78 is 0. The van der Waals surface area contributed by atoms with E-state index in [0.29, 0.717) is 17.3 Å². The van der Waals surface area contributed by atoms with Crippen LogP contribution in [-0.2, 0) is 6.42 Å². The van der Waals surface area contributed by atoms with Crippen LogP contribution in [0.4, 0.5) is 23.0 Å². The highest BCUT2D eigenvalue weighted by molar-refractivity contribution is 7.09. The molecule has 0 amide bonds. The van der Waals surface area contributed by atoms with Crippen LogP contribution in [-0.4, -0.2) is 21.4 Å². The molecule has 0 aliphatic rings. The summed E-state index contributed by atoms with van der Waals surface area (Å²) in [6.45, 7) is 2.40. The molecule has 3 rings (SSSR count). The van der Waals surface area contributed by atoms with Gasteiger partial charge < -0.3 is 10.6 Å². The Morgan fingerprint density at radius 1 is 1.27 bits per heavy atom. The molecule has 0 aliphatic heterocycles. The van der Waals surface area contributed by atoms with E-state index in [4.69, 9.17) is 11.6 Å². The van der Waals surface area contributed by atoms with Gasteiger partial charge in [0.15, 0.2) is 0 Å². The Labute approximate surface area is 159 Å². The van der Waals surface area contributed by atoms with Crippen molar-refractivity contribution in [1.29, 1.82) is 0 Å². The second-order valence-corrected chi connectivity index (χ2v) is 6.99. The third kappa shape index (κ3) is 4.27. The molecule has 0 saturated heterocycles. The van der Waals surface area contributed by atoms with Crippen LogP contribution in [0.2, 0.25) is 5.02 Å². The van der Waals surface area contributed by atoms with E-state index in [-0.39, 0.29) is 17.3 Å². The zero-order valence-corrected chi connectivity index (χ0v) is 15.5. The lowest BCUT2D eigenvalue weighted by molar-refractivity contribution is -0.383. The largest absolute Gasteiger partial charge is 0.364 e. The highest BCUT2D eigenvalue weighted by Crippen LogP contribution is 2.32. The van der Waals surface area contributed by atoms with Crippen molar-refractivity contribution in [2.24, 2.45) is 0 Å². The molecule has 0 saturated carbocycles. The minimum Gasteiger partial charge on any atom is -0.364 e. The van der Waals surface area contributed by atoms with Gasteiger partial charge in [-0.3, -0.25) is 10.1 Å². The molecule has 1 aromatic carbocycles. The van der Waals surface area contributed by atoms with Gasteiger partial charge in [0.05, 0.1) is 4.92 Å². The number of hydrogen-bond donors (Lipinski definition) is 2. The fourth-order valence-corrected chi connectivity index (χ4v) is 3.36. The average molecular weight is 390 g/mol. The van der Waals surface area contributed by atoms with Gasteiger partial charge in [0.25, 0.3) is 0 Å². The lowest BCUT2D eigenvalue weighted by Crippen LogP contribution is -2.10. The lowest BCUT2D eigenvalue weighted by Gasteiger charge is -2.11. The minimum absolute atomic E-state index is 0.133. The van der Waals surface area contributed by atoms with Crippen LogP contribution in [0.1, 0.15) is 10.4 Å². The van der Waals surface area contributed by atoms with Crippen LogP contribution < -0.4 is 10.6 Å². The van der Waals surface area contributed by atoms with Gasteiger partial charge in [0, 0.05) is 22.1 Å². The number of aryl methyl sites for hydroxylation is 1. The molecule has 0 bridgehead atoms. The van der Waals surface area contributed by atoms with Crippen LogP contribution in [0.15, 0.2) is 42.0 Å². The van der Waals surface area contributed by atoms with Crippen molar-refractivity contribution in [3.63, 3.8) is 0 Å². The van der Waals surface area contributed by atoms with Crippen molar-refractivity contribution < 1.29 is 4.92 Å². The Hall–Kier alpha value is -2.71. The van der Waals surface area contributed by atoms with E-state index in [1.165, 1.54) is 11.2 Å². The first-order valence-corrected chi connectivity index (χ1v) is 9.09. The Balaban J connectivity index is 1.82. The molecule has 0 spiro atoms. The van der Waals surface area contributed by atoms with E-state index in [9.17, 15) is 10.1 Å². The molecule has 0 unspecified atom stereocenters. The number of anilines is 3. The van der Waals surface area contributed by atoms with E-state index in [0.717, 1.165) is 12.0 Å². The fourth-order valence-electron chi connectivity index (χ4n) is 2.43. The van der Waals surface area contributed by atoms with Crippen molar-refractivity contribution >= 4 is 45.9 Å². The zero-order chi connectivity index (χ0) is 18.5. The smallest absolute Gasteiger partial charge is 0.353 e. The number of halogens is 1. The molecule has 2 aromatic heterocycles. The molecule has 2 heterocycles. The number of benzene rings is 1. The first-order valence-electron chi connectivity index (χ1n) is 7.83. The van der Waals surface area contributed by atoms with Crippen molar-refractivity contribution in [1.82, 2.24) is 9.97 Å². The number of nitro groups is 1. The van der Waals surface area contributed by atoms with E-state index in [2.05, 4.69) is 20.6 Å². The number of nitrogens with one attached hydrogen (secondary N) is 2. The van der Waals surface area contributed by atoms with Gasteiger partial charge in [0.2, 0.25) is 11.6 Å². The molecule has 2 N–H and O–H groups in total. The molecule has 26 heavy (non-hydrogen) atoms. The summed E-state index contributed by atoms with van der Waals surface area (Å²) in [6, 6.07) is 9.25. The highest BCUT2D eigenvalue weighted by atomic mass is 35.5. The quantitative estimate of drug-likeness (QED) is 0.445. The Bertz CT molecular complexity index is 918. The second-order valence-electron chi connectivity index (χ2n) is 5.52. The number of thiophene rings is 1. The minimum atomic E-state index is -0.485. The number of aromatic nitrogens is 2. The van der Waals surface area contributed by atoms with Gasteiger partial charge in [-0.25, -0.2) is 9.97 Å². The van der Waals surface area contributed by atoms with Crippen molar-refractivity contribution in [3.05, 3.63) is 67.6 Å². The topological polar surface area (TPSA) is 93.0 Å². The molecule has 134 valence electrons. The van der Waals surface area contributed by atoms with Crippen LogP contribution in [0, 0.1) is 17.0 Å². The maximum Gasteiger partial charge on any atom is 0.353 e. The SMILES string of the molecule is Cc1cc(Cl)ccc1Nc1ncnc(NCCc2cccs2)c1[N+](=O)[O-]. The summed E-state index contributed by atoms with van der Waals surface area (Å²) in [4.78, 5) is 20.4. The average Bonchev–Trinajstić information content (AvgIpc) is 3.11. The van der Waals surface area contributed by atoms with Crippen molar-refractivity contribution in [3.8, 4) is 0 Å². The van der Waals surface area contributed by atoms with Crippen LogP contribution >= 0.6 is 22.9 Å². The molecule has 3 aromatic rings. The lowest BCUT2D eigenvalue weighted by atomic mass is 10.2. The molecular weight excluding hydrogens is 374 g/mol. The van der Waals surface area contributed by atoms with Crippen LogP contribution in [0.25, 0.3) is 0 Å². The van der Waals surface area contributed by atoms with Gasteiger partial charge >= 0.3 is 5.69 Å². The zero-order valence-electron chi connectivity index (χ0n) is 13.9.